The van der Waals surface area contributed by atoms with Gasteiger partial charge in [0, 0.05) is 32.7 Å². The quantitative estimate of drug-likeness (QED) is 0.603. The van der Waals surface area contributed by atoms with Crippen LogP contribution in [0.2, 0.25) is 0 Å². The van der Waals surface area contributed by atoms with Crippen LogP contribution < -0.4 is 11.1 Å². The lowest BCUT2D eigenvalue weighted by molar-refractivity contribution is -0.134. The van der Waals surface area contributed by atoms with Crippen LogP contribution in [0.3, 0.4) is 0 Å². The first-order chi connectivity index (χ1) is 8.54. The van der Waals surface area contributed by atoms with Crippen molar-refractivity contribution in [3.05, 3.63) is 12.7 Å². The summed E-state index contributed by atoms with van der Waals surface area (Å²) in [7, 11) is 0. The number of nitrogens with one attached hydrogen (secondary N) is 1. The molecule has 0 aromatic rings. The van der Waals surface area contributed by atoms with Gasteiger partial charge in [0.05, 0.1) is 12.6 Å². The minimum Gasteiger partial charge on any atom is -0.352 e. The highest BCUT2D eigenvalue weighted by Gasteiger charge is 2.23. The van der Waals surface area contributed by atoms with Gasteiger partial charge in [0.15, 0.2) is 0 Å². The van der Waals surface area contributed by atoms with Crippen LogP contribution in [0.4, 0.5) is 0 Å². The smallest absolute Gasteiger partial charge is 0.239 e. The summed E-state index contributed by atoms with van der Waals surface area (Å²) >= 11 is 0. The summed E-state index contributed by atoms with van der Waals surface area (Å²) in [5, 5.41) is 2.73. The maximum Gasteiger partial charge on any atom is 0.239 e. The molecule has 1 unspecified atom stereocenters. The van der Waals surface area contributed by atoms with Crippen molar-refractivity contribution in [3.63, 3.8) is 0 Å². The molecule has 1 atom stereocenters. The third kappa shape index (κ3) is 4.46. The van der Waals surface area contributed by atoms with E-state index in [1.165, 1.54) is 0 Å². The Morgan fingerprint density at radius 3 is 2.50 bits per heavy atom. The SMILES string of the molecule is C=CCNC(=O)CN1CCN(C(=O)C(C)N)CC1. The van der Waals surface area contributed by atoms with Crippen molar-refractivity contribution < 1.29 is 9.59 Å². The average molecular weight is 254 g/mol. The summed E-state index contributed by atoms with van der Waals surface area (Å²) in [6.45, 7) is 8.77. The van der Waals surface area contributed by atoms with E-state index in [0.29, 0.717) is 39.3 Å². The number of piperazine rings is 1. The number of hydrogen-bond acceptors (Lipinski definition) is 4. The van der Waals surface area contributed by atoms with Crippen LogP contribution in [0.1, 0.15) is 6.92 Å². The van der Waals surface area contributed by atoms with E-state index in [4.69, 9.17) is 5.73 Å². The summed E-state index contributed by atoms with van der Waals surface area (Å²) in [5.74, 6) is -0.0346. The first-order valence-electron chi connectivity index (χ1n) is 6.19. The number of nitrogens with zero attached hydrogens (tertiary/aromatic N) is 2. The zero-order valence-electron chi connectivity index (χ0n) is 10.9. The van der Waals surface area contributed by atoms with E-state index in [1.807, 2.05) is 4.90 Å². The van der Waals surface area contributed by atoms with Crippen molar-refractivity contribution in [3.8, 4) is 0 Å². The molecule has 18 heavy (non-hydrogen) atoms. The number of amides is 2. The minimum atomic E-state index is -0.451. The normalized spacial score (nSPS) is 18.2. The molecule has 0 aromatic carbocycles. The molecule has 6 heteroatoms. The first-order valence-corrected chi connectivity index (χ1v) is 6.19. The number of nitrogens with two attached hydrogens (primary N) is 1. The van der Waals surface area contributed by atoms with Crippen molar-refractivity contribution in [2.45, 2.75) is 13.0 Å². The Bertz CT molecular complexity index is 309. The Morgan fingerprint density at radius 1 is 1.39 bits per heavy atom. The lowest BCUT2D eigenvalue weighted by atomic mass is 10.2. The van der Waals surface area contributed by atoms with Gasteiger partial charge in [0.25, 0.3) is 0 Å². The van der Waals surface area contributed by atoms with Gasteiger partial charge in [-0.05, 0) is 6.92 Å². The molecule has 1 heterocycles. The summed E-state index contributed by atoms with van der Waals surface area (Å²) in [6.07, 6.45) is 1.65. The summed E-state index contributed by atoms with van der Waals surface area (Å²) < 4.78 is 0. The average Bonchev–Trinajstić information content (AvgIpc) is 2.36. The monoisotopic (exact) mass is 254 g/mol. The van der Waals surface area contributed by atoms with Gasteiger partial charge in [-0.25, -0.2) is 0 Å². The van der Waals surface area contributed by atoms with Crippen LogP contribution in [0.5, 0.6) is 0 Å². The van der Waals surface area contributed by atoms with Gasteiger partial charge >= 0.3 is 0 Å². The fourth-order valence-corrected chi connectivity index (χ4v) is 1.86. The van der Waals surface area contributed by atoms with Crippen molar-refractivity contribution in [2.75, 3.05) is 39.3 Å². The molecular weight excluding hydrogens is 232 g/mol. The highest BCUT2D eigenvalue weighted by molar-refractivity contribution is 5.81. The molecule has 0 bridgehead atoms. The highest BCUT2D eigenvalue weighted by atomic mass is 16.2. The van der Waals surface area contributed by atoms with E-state index in [-0.39, 0.29) is 11.8 Å². The molecule has 2 amide bonds. The Morgan fingerprint density at radius 2 is 2.00 bits per heavy atom. The molecule has 0 aliphatic carbocycles. The van der Waals surface area contributed by atoms with Gasteiger partial charge in [-0.15, -0.1) is 6.58 Å². The molecule has 102 valence electrons. The maximum absolute atomic E-state index is 11.7. The molecule has 3 N–H and O–H groups in total. The van der Waals surface area contributed by atoms with E-state index in [9.17, 15) is 9.59 Å². The van der Waals surface area contributed by atoms with E-state index in [1.54, 1.807) is 17.9 Å². The van der Waals surface area contributed by atoms with Crippen molar-refractivity contribution in [1.82, 2.24) is 15.1 Å². The van der Waals surface area contributed by atoms with Gasteiger partial charge < -0.3 is 16.0 Å². The molecular formula is C12H22N4O2. The third-order valence-electron chi connectivity index (χ3n) is 2.88. The zero-order valence-corrected chi connectivity index (χ0v) is 10.9. The summed E-state index contributed by atoms with van der Waals surface area (Å²) in [6, 6.07) is -0.451. The molecule has 1 fully saturated rings. The van der Waals surface area contributed by atoms with E-state index in [0.717, 1.165) is 0 Å². The standard InChI is InChI=1S/C12H22N4O2/c1-3-4-14-11(17)9-15-5-7-16(8-6-15)12(18)10(2)13/h3,10H,1,4-9,13H2,2H3,(H,14,17). The topological polar surface area (TPSA) is 78.7 Å². The predicted octanol–water partition coefficient (Wildman–Crippen LogP) is -1.22. The fourth-order valence-electron chi connectivity index (χ4n) is 1.86. The third-order valence-corrected chi connectivity index (χ3v) is 2.88. The fraction of sp³-hybridized carbons (Fsp3) is 0.667. The van der Waals surface area contributed by atoms with Gasteiger partial charge in [-0.2, -0.15) is 0 Å². The van der Waals surface area contributed by atoms with Gasteiger partial charge in [-0.3, -0.25) is 14.5 Å². The van der Waals surface area contributed by atoms with Crippen LogP contribution in [0.25, 0.3) is 0 Å². The van der Waals surface area contributed by atoms with Crippen LogP contribution in [-0.4, -0.2) is 66.9 Å². The van der Waals surface area contributed by atoms with Gasteiger partial charge in [0.2, 0.25) is 11.8 Å². The molecule has 0 spiro atoms. The zero-order chi connectivity index (χ0) is 13.5. The second kappa shape index (κ2) is 7.13. The lowest BCUT2D eigenvalue weighted by Crippen LogP contribution is -2.54. The van der Waals surface area contributed by atoms with Crippen LogP contribution in [0.15, 0.2) is 12.7 Å². The molecule has 0 aromatic heterocycles. The van der Waals surface area contributed by atoms with Crippen LogP contribution in [0, 0.1) is 0 Å². The highest BCUT2D eigenvalue weighted by Crippen LogP contribution is 2.03. The summed E-state index contributed by atoms with van der Waals surface area (Å²) in [5.41, 5.74) is 5.56. The van der Waals surface area contributed by atoms with Crippen LogP contribution >= 0.6 is 0 Å². The molecule has 1 aliphatic heterocycles. The molecule has 6 nitrogen and oxygen atoms in total. The summed E-state index contributed by atoms with van der Waals surface area (Å²) in [4.78, 5) is 26.9. The van der Waals surface area contributed by atoms with Gasteiger partial charge in [-0.1, -0.05) is 6.08 Å². The Labute approximate surface area is 108 Å². The number of hydrogen-bond donors (Lipinski definition) is 2. The number of rotatable bonds is 5. The Balaban J connectivity index is 2.29. The first kappa shape index (κ1) is 14.7. The molecule has 0 radical (unpaired) electrons. The Kier molecular flexibility index (Phi) is 5.80. The molecule has 1 aliphatic rings. The van der Waals surface area contributed by atoms with E-state index < -0.39 is 6.04 Å². The second-order valence-electron chi connectivity index (χ2n) is 4.48. The second-order valence-corrected chi connectivity index (χ2v) is 4.48. The van der Waals surface area contributed by atoms with E-state index >= 15 is 0 Å². The van der Waals surface area contributed by atoms with Crippen LogP contribution in [-0.2, 0) is 9.59 Å². The largest absolute Gasteiger partial charge is 0.352 e. The molecule has 0 saturated carbocycles. The number of carbonyl (C=O) groups is 2. The number of carbonyl (C=O) groups excluding carboxylic acids is 2. The molecule has 1 saturated heterocycles. The Hall–Kier alpha value is -1.40. The predicted molar refractivity (Wildman–Crippen MR) is 69.9 cm³/mol. The maximum atomic E-state index is 11.7. The van der Waals surface area contributed by atoms with Crippen molar-refractivity contribution >= 4 is 11.8 Å². The van der Waals surface area contributed by atoms with Crippen molar-refractivity contribution in [2.24, 2.45) is 5.73 Å². The lowest BCUT2D eigenvalue weighted by Gasteiger charge is -2.35. The van der Waals surface area contributed by atoms with E-state index in [2.05, 4.69) is 11.9 Å². The van der Waals surface area contributed by atoms with Gasteiger partial charge in [0.1, 0.15) is 0 Å². The minimum absolute atomic E-state index is 0.0122. The molecule has 1 rings (SSSR count). The van der Waals surface area contributed by atoms with Crippen molar-refractivity contribution in [1.29, 1.82) is 0 Å².